The Hall–Kier alpha value is -1.02. The molecule has 2 heteroatoms. The van der Waals surface area contributed by atoms with Crippen LogP contribution in [0.5, 0.6) is 0 Å². The van der Waals surface area contributed by atoms with E-state index in [-0.39, 0.29) is 0 Å². The monoisotopic (exact) mass is 205 g/mol. The molecule has 1 aliphatic rings. The van der Waals surface area contributed by atoms with Crippen LogP contribution in [0.4, 0.5) is 5.69 Å². The lowest BCUT2D eigenvalue weighted by atomic mass is 10.1. The van der Waals surface area contributed by atoms with Gasteiger partial charge in [0.2, 0.25) is 0 Å². The Labute approximate surface area is 91.6 Å². The molecular weight excluding hydrogens is 186 g/mol. The summed E-state index contributed by atoms with van der Waals surface area (Å²) in [5, 5.41) is 3.56. The second kappa shape index (κ2) is 4.67. The molecule has 1 aliphatic carbocycles. The van der Waals surface area contributed by atoms with Gasteiger partial charge in [-0.2, -0.15) is 0 Å². The van der Waals surface area contributed by atoms with Gasteiger partial charge in [-0.05, 0) is 43.4 Å². The van der Waals surface area contributed by atoms with E-state index in [1.165, 1.54) is 24.1 Å². The molecule has 82 valence electrons. The van der Waals surface area contributed by atoms with Gasteiger partial charge < -0.3 is 10.1 Å². The molecule has 15 heavy (non-hydrogen) atoms. The standard InChI is InChI=1S/C13H19NO/c1-10-4-3-5-12(8-10)14-13(9-15-2)11-6-7-11/h3-5,8,11,13-14H,6-7,9H2,1-2H3. The molecule has 1 N–H and O–H groups in total. The molecule has 0 radical (unpaired) electrons. The first-order chi connectivity index (χ1) is 7.29. The normalized spacial score (nSPS) is 17.5. The SMILES string of the molecule is COCC(Nc1cccc(C)c1)C1CC1. The van der Waals surface area contributed by atoms with Crippen LogP contribution in [0.2, 0.25) is 0 Å². The van der Waals surface area contributed by atoms with Gasteiger partial charge in [-0.1, -0.05) is 12.1 Å². The Morgan fingerprint density at radius 3 is 2.87 bits per heavy atom. The predicted octanol–water partition coefficient (Wildman–Crippen LogP) is 2.83. The first-order valence-electron chi connectivity index (χ1n) is 5.62. The van der Waals surface area contributed by atoms with Gasteiger partial charge in [0.05, 0.1) is 12.6 Å². The van der Waals surface area contributed by atoms with Crippen LogP contribution in [0.3, 0.4) is 0 Å². The van der Waals surface area contributed by atoms with Crippen LogP contribution >= 0.6 is 0 Å². The smallest absolute Gasteiger partial charge is 0.0666 e. The van der Waals surface area contributed by atoms with Crippen LogP contribution in [0.15, 0.2) is 24.3 Å². The fraction of sp³-hybridized carbons (Fsp3) is 0.538. The van der Waals surface area contributed by atoms with Crippen LogP contribution in [0, 0.1) is 12.8 Å². The van der Waals surface area contributed by atoms with Crippen LogP contribution in [-0.2, 0) is 4.74 Å². The molecular formula is C13H19NO. The van der Waals surface area contributed by atoms with Gasteiger partial charge in [0.15, 0.2) is 0 Å². The number of anilines is 1. The van der Waals surface area contributed by atoms with E-state index in [1.807, 2.05) is 0 Å². The summed E-state index contributed by atoms with van der Waals surface area (Å²) < 4.78 is 5.25. The van der Waals surface area contributed by atoms with Crippen LogP contribution in [0.25, 0.3) is 0 Å². The molecule has 0 amide bonds. The summed E-state index contributed by atoms with van der Waals surface area (Å²) in [5.74, 6) is 0.811. The molecule has 1 atom stereocenters. The number of benzene rings is 1. The molecule has 0 spiro atoms. The van der Waals surface area contributed by atoms with Gasteiger partial charge >= 0.3 is 0 Å². The van der Waals surface area contributed by atoms with Crippen LogP contribution in [0.1, 0.15) is 18.4 Å². The molecule has 1 saturated carbocycles. The van der Waals surface area contributed by atoms with Crippen molar-refractivity contribution in [1.82, 2.24) is 0 Å². The molecule has 0 aromatic heterocycles. The first-order valence-corrected chi connectivity index (χ1v) is 5.62. The Kier molecular flexibility index (Phi) is 3.27. The van der Waals surface area contributed by atoms with Crippen molar-refractivity contribution in [1.29, 1.82) is 0 Å². The lowest BCUT2D eigenvalue weighted by Gasteiger charge is -2.18. The van der Waals surface area contributed by atoms with E-state index in [9.17, 15) is 0 Å². The van der Waals surface area contributed by atoms with E-state index >= 15 is 0 Å². The van der Waals surface area contributed by atoms with E-state index in [0.717, 1.165) is 12.5 Å². The van der Waals surface area contributed by atoms with Crippen molar-refractivity contribution in [2.45, 2.75) is 25.8 Å². The Balaban J connectivity index is 1.98. The molecule has 1 aromatic carbocycles. The fourth-order valence-electron chi connectivity index (χ4n) is 1.92. The van der Waals surface area contributed by atoms with Crippen LogP contribution < -0.4 is 5.32 Å². The van der Waals surface area contributed by atoms with E-state index in [1.54, 1.807) is 7.11 Å². The molecule has 0 aliphatic heterocycles. The van der Waals surface area contributed by atoms with Gasteiger partial charge in [-0.3, -0.25) is 0 Å². The van der Waals surface area contributed by atoms with Crippen molar-refractivity contribution in [3.05, 3.63) is 29.8 Å². The lowest BCUT2D eigenvalue weighted by Crippen LogP contribution is -2.27. The second-order valence-corrected chi connectivity index (χ2v) is 4.41. The quantitative estimate of drug-likeness (QED) is 0.798. The van der Waals surface area contributed by atoms with Gasteiger partial charge in [0, 0.05) is 12.8 Å². The Bertz CT molecular complexity index is 320. The summed E-state index contributed by atoms with van der Waals surface area (Å²) >= 11 is 0. The summed E-state index contributed by atoms with van der Waals surface area (Å²) in [4.78, 5) is 0. The zero-order valence-electron chi connectivity index (χ0n) is 9.49. The summed E-state index contributed by atoms with van der Waals surface area (Å²) in [7, 11) is 1.77. The van der Waals surface area contributed by atoms with Crippen molar-refractivity contribution in [3.63, 3.8) is 0 Å². The largest absolute Gasteiger partial charge is 0.383 e. The van der Waals surface area contributed by atoms with E-state index in [2.05, 4.69) is 36.5 Å². The highest BCUT2D eigenvalue weighted by molar-refractivity contribution is 5.46. The molecule has 2 rings (SSSR count). The van der Waals surface area contributed by atoms with Crippen molar-refractivity contribution in [3.8, 4) is 0 Å². The maximum absolute atomic E-state index is 5.25. The minimum Gasteiger partial charge on any atom is -0.383 e. The molecule has 2 nitrogen and oxygen atoms in total. The maximum atomic E-state index is 5.25. The number of nitrogens with one attached hydrogen (secondary N) is 1. The average molecular weight is 205 g/mol. The average Bonchev–Trinajstić information content (AvgIpc) is 3.00. The predicted molar refractivity (Wildman–Crippen MR) is 63.2 cm³/mol. The summed E-state index contributed by atoms with van der Waals surface area (Å²) in [6, 6.07) is 9.00. The van der Waals surface area contributed by atoms with E-state index in [4.69, 9.17) is 4.74 Å². The first kappa shape index (κ1) is 10.5. The Morgan fingerprint density at radius 2 is 2.27 bits per heavy atom. The minimum atomic E-state index is 0.483. The number of rotatable bonds is 5. The topological polar surface area (TPSA) is 21.3 Å². The van der Waals surface area contributed by atoms with Gasteiger partial charge in [-0.15, -0.1) is 0 Å². The number of aryl methyl sites for hydroxylation is 1. The molecule has 1 aromatic rings. The highest BCUT2D eigenvalue weighted by atomic mass is 16.5. The van der Waals surface area contributed by atoms with E-state index in [0.29, 0.717) is 6.04 Å². The zero-order valence-corrected chi connectivity index (χ0v) is 9.49. The highest BCUT2D eigenvalue weighted by Crippen LogP contribution is 2.34. The fourth-order valence-corrected chi connectivity index (χ4v) is 1.92. The van der Waals surface area contributed by atoms with Crippen molar-refractivity contribution < 1.29 is 4.74 Å². The third-order valence-corrected chi connectivity index (χ3v) is 2.91. The third kappa shape index (κ3) is 2.96. The summed E-state index contributed by atoms with van der Waals surface area (Å²) in [5.41, 5.74) is 2.51. The van der Waals surface area contributed by atoms with Crippen LogP contribution in [-0.4, -0.2) is 19.8 Å². The number of hydrogen-bond acceptors (Lipinski definition) is 2. The van der Waals surface area contributed by atoms with Gasteiger partial charge in [0.25, 0.3) is 0 Å². The Morgan fingerprint density at radius 1 is 1.47 bits per heavy atom. The molecule has 0 heterocycles. The molecule has 1 unspecified atom stereocenters. The number of ether oxygens (including phenoxy) is 1. The van der Waals surface area contributed by atoms with Crippen molar-refractivity contribution in [2.24, 2.45) is 5.92 Å². The second-order valence-electron chi connectivity index (χ2n) is 4.41. The summed E-state index contributed by atoms with van der Waals surface area (Å²) in [6.45, 7) is 2.92. The maximum Gasteiger partial charge on any atom is 0.0666 e. The van der Waals surface area contributed by atoms with Crippen molar-refractivity contribution >= 4 is 5.69 Å². The zero-order chi connectivity index (χ0) is 10.7. The van der Waals surface area contributed by atoms with Gasteiger partial charge in [-0.25, -0.2) is 0 Å². The molecule has 0 bridgehead atoms. The minimum absolute atomic E-state index is 0.483. The molecule has 0 saturated heterocycles. The van der Waals surface area contributed by atoms with Gasteiger partial charge in [0.1, 0.15) is 0 Å². The molecule has 1 fully saturated rings. The highest BCUT2D eigenvalue weighted by Gasteiger charge is 2.30. The van der Waals surface area contributed by atoms with E-state index < -0.39 is 0 Å². The van der Waals surface area contributed by atoms with Crippen molar-refractivity contribution in [2.75, 3.05) is 19.0 Å². The third-order valence-electron chi connectivity index (χ3n) is 2.91. The lowest BCUT2D eigenvalue weighted by molar-refractivity contribution is 0.179. The number of hydrogen-bond donors (Lipinski definition) is 1. The summed E-state index contributed by atoms with van der Waals surface area (Å²) in [6.07, 6.45) is 2.68. The number of methoxy groups -OCH3 is 1.